The summed E-state index contributed by atoms with van der Waals surface area (Å²) in [4.78, 5) is 1.40. The summed E-state index contributed by atoms with van der Waals surface area (Å²) in [6.45, 7) is 7.17. The molecule has 1 N–H and O–H groups in total. The van der Waals surface area contributed by atoms with Gasteiger partial charge in [0.1, 0.15) is 5.75 Å². The lowest BCUT2D eigenvalue weighted by molar-refractivity contribution is 0.239. The average Bonchev–Trinajstić information content (AvgIpc) is 2.95. The summed E-state index contributed by atoms with van der Waals surface area (Å²) in [7, 11) is 0. The normalized spacial score (nSPS) is 12.6. The fourth-order valence-electron chi connectivity index (χ4n) is 2.19. The van der Waals surface area contributed by atoms with Crippen LogP contribution in [0.2, 0.25) is 0 Å². The maximum absolute atomic E-state index is 5.86. The number of benzene rings is 1. The summed E-state index contributed by atoms with van der Waals surface area (Å²) in [6, 6.07) is 13.0. The highest BCUT2D eigenvalue weighted by atomic mass is 32.1. The summed E-state index contributed by atoms with van der Waals surface area (Å²) in [5.41, 5.74) is 1.22. The molecule has 0 aliphatic rings. The molecular formula is C17H23NOS. The maximum atomic E-state index is 5.86. The quantitative estimate of drug-likeness (QED) is 0.792. The van der Waals surface area contributed by atoms with Gasteiger partial charge in [0.15, 0.2) is 0 Å². The van der Waals surface area contributed by atoms with E-state index in [0.29, 0.717) is 6.04 Å². The van der Waals surface area contributed by atoms with Crippen molar-refractivity contribution in [2.45, 2.75) is 45.9 Å². The lowest BCUT2D eigenvalue weighted by atomic mass is 10.1. The van der Waals surface area contributed by atoms with E-state index in [2.05, 4.69) is 55.7 Å². The van der Waals surface area contributed by atoms with Crippen LogP contribution in [0.25, 0.3) is 0 Å². The minimum Gasteiger partial charge on any atom is -0.491 e. The van der Waals surface area contributed by atoms with Gasteiger partial charge in [-0.15, -0.1) is 11.3 Å². The molecule has 20 heavy (non-hydrogen) atoms. The first-order valence-electron chi connectivity index (χ1n) is 7.22. The molecule has 1 aromatic carbocycles. The van der Waals surface area contributed by atoms with Gasteiger partial charge < -0.3 is 10.1 Å². The summed E-state index contributed by atoms with van der Waals surface area (Å²) in [6.07, 6.45) is 1.30. The number of hydrogen-bond donors (Lipinski definition) is 1. The largest absolute Gasteiger partial charge is 0.491 e. The monoisotopic (exact) mass is 289 g/mol. The van der Waals surface area contributed by atoms with Crippen LogP contribution < -0.4 is 10.1 Å². The van der Waals surface area contributed by atoms with Crippen LogP contribution in [0.5, 0.6) is 5.75 Å². The zero-order valence-corrected chi connectivity index (χ0v) is 13.2. The number of para-hydroxylation sites is 1. The third kappa shape index (κ3) is 4.09. The standard InChI is InChI=1S/C17H23NOS/c1-4-15(17-10-7-11-20-17)18-12-14-8-5-6-9-16(14)19-13(2)3/h5-11,13,15,18H,4,12H2,1-3H3. The molecule has 0 aliphatic heterocycles. The zero-order chi connectivity index (χ0) is 14.4. The van der Waals surface area contributed by atoms with Gasteiger partial charge >= 0.3 is 0 Å². The molecule has 1 aromatic heterocycles. The molecule has 2 nitrogen and oxygen atoms in total. The van der Waals surface area contributed by atoms with E-state index in [9.17, 15) is 0 Å². The number of hydrogen-bond acceptors (Lipinski definition) is 3. The number of nitrogens with one attached hydrogen (secondary N) is 1. The van der Waals surface area contributed by atoms with Crippen molar-refractivity contribution >= 4 is 11.3 Å². The molecule has 0 saturated carbocycles. The Morgan fingerprint density at radius 2 is 1.95 bits per heavy atom. The van der Waals surface area contributed by atoms with E-state index in [4.69, 9.17) is 4.74 Å². The molecule has 0 fully saturated rings. The molecule has 108 valence electrons. The highest BCUT2D eigenvalue weighted by molar-refractivity contribution is 7.10. The second-order valence-corrected chi connectivity index (χ2v) is 6.11. The van der Waals surface area contributed by atoms with Crippen LogP contribution in [0.4, 0.5) is 0 Å². The van der Waals surface area contributed by atoms with Crippen molar-refractivity contribution in [3.63, 3.8) is 0 Å². The molecule has 0 radical (unpaired) electrons. The van der Waals surface area contributed by atoms with Gasteiger partial charge in [0.25, 0.3) is 0 Å². The molecule has 0 spiro atoms. The van der Waals surface area contributed by atoms with Crippen LogP contribution in [0.15, 0.2) is 41.8 Å². The highest BCUT2D eigenvalue weighted by Gasteiger charge is 2.11. The average molecular weight is 289 g/mol. The van der Waals surface area contributed by atoms with Crippen molar-refractivity contribution in [2.75, 3.05) is 0 Å². The fourth-order valence-corrected chi connectivity index (χ4v) is 3.07. The van der Waals surface area contributed by atoms with Gasteiger partial charge in [0.05, 0.1) is 6.10 Å². The molecule has 0 bridgehead atoms. The second-order valence-electron chi connectivity index (χ2n) is 5.13. The predicted octanol–water partition coefficient (Wildman–Crippen LogP) is 4.78. The lowest BCUT2D eigenvalue weighted by Crippen LogP contribution is -2.20. The molecule has 0 aliphatic carbocycles. The van der Waals surface area contributed by atoms with Crippen molar-refractivity contribution in [3.05, 3.63) is 52.2 Å². The number of ether oxygens (including phenoxy) is 1. The summed E-state index contributed by atoms with van der Waals surface area (Å²) in [5, 5.41) is 5.77. The molecule has 1 unspecified atom stereocenters. The Bertz CT molecular complexity index is 507. The van der Waals surface area contributed by atoms with Crippen molar-refractivity contribution in [1.82, 2.24) is 5.32 Å². The Kier molecular flexibility index (Phi) is 5.62. The molecule has 1 atom stereocenters. The van der Waals surface area contributed by atoms with Gasteiger partial charge in [0.2, 0.25) is 0 Å². The van der Waals surface area contributed by atoms with Crippen LogP contribution >= 0.6 is 11.3 Å². The topological polar surface area (TPSA) is 21.3 Å². The van der Waals surface area contributed by atoms with Gasteiger partial charge in [-0.05, 0) is 37.8 Å². The van der Waals surface area contributed by atoms with E-state index < -0.39 is 0 Å². The zero-order valence-electron chi connectivity index (χ0n) is 12.4. The summed E-state index contributed by atoms with van der Waals surface area (Å²) in [5.74, 6) is 0.982. The van der Waals surface area contributed by atoms with E-state index in [0.717, 1.165) is 18.7 Å². The third-order valence-electron chi connectivity index (χ3n) is 3.17. The van der Waals surface area contributed by atoms with Crippen molar-refractivity contribution < 1.29 is 4.74 Å². The van der Waals surface area contributed by atoms with Crippen LogP contribution in [-0.4, -0.2) is 6.10 Å². The number of thiophene rings is 1. The molecular weight excluding hydrogens is 266 g/mol. The van der Waals surface area contributed by atoms with Crippen LogP contribution in [0.3, 0.4) is 0 Å². The van der Waals surface area contributed by atoms with Gasteiger partial charge in [-0.2, -0.15) is 0 Å². The van der Waals surface area contributed by atoms with Crippen LogP contribution in [0.1, 0.15) is 43.7 Å². The minimum absolute atomic E-state index is 0.204. The summed E-state index contributed by atoms with van der Waals surface area (Å²) >= 11 is 1.81. The van der Waals surface area contributed by atoms with E-state index in [1.54, 1.807) is 0 Å². The van der Waals surface area contributed by atoms with Crippen molar-refractivity contribution in [2.24, 2.45) is 0 Å². The Balaban J connectivity index is 2.03. The lowest BCUT2D eigenvalue weighted by Gasteiger charge is -2.18. The van der Waals surface area contributed by atoms with Gasteiger partial charge in [0, 0.05) is 23.0 Å². The van der Waals surface area contributed by atoms with Crippen molar-refractivity contribution in [1.29, 1.82) is 0 Å². The minimum atomic E-state index is 0.204. The van der Waals surface area contributed by atoms with E-state index in [1.165, 1.54) is 10.4 Å². The van der Waals surface area contributed by atoms with Gasteiger partial charge in [-0.3, -0.25) is 0 Å². The molecule has 0 amide bonds. The first-order valence-corrected chi connectivity index (χ1v) is 8.10. The smallest absolute Gasteiger partial charge is 0.124 e. The van der Waals surface area contributed by atoms with E-state index in [-0.39, 0.29) is 6.10 Å². The molecule has 2 rings (SSSR count). The Labute approximate surface area is 125 Å². The number of rotatable bonds is 7. The van der Waals surface area contributed by atoms with E-state index >= 15 is 0 Å². The van der Waals surface area contributed by atoms with E-state index in [1.807, 2.05) is 23.5 Å². The fraction of sp³-hybridized carbons (Fsp3) is 0.412. The predicted molar refractivity (Wildman–Crippen MR) is 86.4 cm³/mol. The summed E-state index contributed by atoms with van der Waals surface area (Å²) < 4.78 is 5.86. The van der Waals surface area contributed by atoms with Crippen LogP contribution in [0, 0.1) is 0 Å². The van der Waals surface area contributed by atoms with Gasteiger partial charge in [-0.1, -0.05) is 31.2 Å². The first-order chi connectivity index (χ1) is 9.70. The Hall–Kier alpha value is -1.32. The van der Waals surface area contributed by atoms with Crippen molar-refractivity contribution in [3.8, 4) is 5.75 Å². The highest BCUT2D eigenvalue weighted by Crippen LogP contribution is 2.24. The maximum Gasteiger partial charge on any atom is 0.124 e. The SMILES string of the molecule is CCC(NCc1ccccc1OC(C)C)c1cccs1. The first kappa shape index (κ1) is 15.1. The molecule has 0 saturated heterocycles. The Morgan fingerprint density at radius 1 is 1.15 bits per heavy atom. The molecule has 3 heteroatoms. The third-order valence-corrected chi connectivity index (χ3v) is 4.16. The van der Waals surface area contributed by atoms with Gasteiger partial charge in [-0.25, -0.2) is 0 Å². The van der Waals surface area contributed by atoms with Crippen LogP contribution in [-0.2, 0) is 6.54 Å². The Morgan fingerprint density at radius 3 is 2.60 bits per heavy atom. The molecule has 2 aromatic rings. The molecule has 1 heterocycles. The second kappa shape index (κ2) is 7.46.